The second-order valence-electron chi connectivity index (χ2n) is 6.44. The SMILES string of the molecule is O=C(CNC(=O)c1ccc(F)cc1)NNC(=O)CN1CCCc2ccccc21. The number of rotatable bonds is 5. The molecule has 28 heavy (non-hydrogen) atoms. The van der Waals surface area contributed by atoms with Gasteiger partial charge in [0.15, 0.2) is 0 Å². The van der Waals surface area contributed by atoms with Crippen molar-refractivity contribution in [2.24, 2.45) is 0 Å². The van der Waals surface area contributed by atoms with E-state index in [0.29, 0.717) is 0 Å². The summed E-state index contributed by atoms with van der Waals surface area (Å²) >= 11 is 0. The number of carbonyl (C=O) groups is 3. The highest BCUT2D eigenvalue weighted by molar-refractivity contribution is 5.96. The molecule has 0 bridgehead atoms. The molecule has 2 aromatic carbocycles. The molecule has 3 N–H and O–H groups in total. The highest BCUT2D eigenvalue weighted by Crippen LogP contribution is 2.26. The second-order valence-corrected chi connectivity index (χ2v) is 6.44. The summed E-state index contributed by atoms with van der Waals surface area (Å²) in [6.45, 7) is 0.578. The number of nitrogens with one attached hydrogen (secondary N) is 3. The number of carbonyl (C=O) groups excluding carboxylic acids is 3. The maximum absolute atomic E-state index is 12.9. The van der Waals surface area contributed by atoms with Gasteiger partial charge in [-0.15, -0.1) is 0 Å². The van der Waals surface area contributed by atoms with E-state index in [1.165, 1.54) is 17.7 Å². The molecule has 0 spiro atoms. The van der Waals surface area contributed by atoms with E-state index in [1.54, 1.807) is 0 Å². The molecular formula is C20H21FN4O3. The van der Waals surface area contributed by atoms with Gasteiger partial charge in [0.1, 0.15) is 5.82 Å². The molecular weight excluding hydrogens is 363 g/mol. The van der Waals surface area contributed by atoms with Gasteiger partial charge in [-0.2, -0.15) is 0 Å². The summed E-state index contributed by atoms with van der Waals surface area (Å²) < 4.78 is 12.9. The molecule has 0 fully saturated rings. The van der Waals surface area contributed by atoms with Crippen molar-refractivity contribution < 1.29 is 18.8 Å². The van der Waals surface area contributed by atoms with Crippen LogP contribution in [-0.4, -0.2) is 37.4 Å². The third-order valence-electron chi connectivity index (χ3n) is 4.40. The molecule has 0 aliphatic carbocycles. The van der Waals surface area contributed by atoms with Gasteiger partial charge in [-0.3, -0.25) is 25.2 Å². The van der Waals surface area contributed by atoms with E-state index in [1.807, 2.05) is 29.2 Å². The van der Waals surface area contributed by atoms with Crippen LogP contribution in [0.3, 0.4) is 0 Å². The monoisotopic (exact) mass is 384 g/mol. The van der Waals surface area contributed by atoms with E-state index in [-0.39, 0.29) is 24.6 Å². The van der Waals surface area contributed by atoms with Crippen LogP contribution in [-0.2, 0) is 16.0 Å². The highest BCUT2D eigenvalue weighted by atomic mass is 19.1. The predicted molar refractivity (Wildman–Crippen MR) is 102 cm³/mol. The number of hydrogen-bond acceptors (Lipinski definition) is 4. The van der Waals surface area contributed by atoms with Gasteiger partial charge in [-0.25, -0.2) is 4.39 Å². The largest absolute Gasteiger partial charge is 0.362 e. The van der Waals surface area contributed by atoms with Crippen molar-refractivity contribution in [1.29, 1.82) is 0 Å². The van der Waals surface area contributed by atoms with E-state index < -0.39 is 17.6 Å². The summed E-state index contributed by atoms with van der Waals surface area (Å²) in [5.41, 5.74) is 7.09. The molecule has 3 rings (SSSR count). The van der Waals surface area contributed by atoms with Crippen molar-refractivity contribution in [3.63, 3.8) is 0 Å². The molecule has 8 heteroatoms. The number of nitrogens with zero attached hydrogens (tertiary/aromatic N) is 1. The van der Waals surface area contributed by atoms with Crippen LogP contribution in [0, 0.1) is 5.82 Å². The van der Waals surface area contributed by atoms with Gasteiger partial charge in [0, 0.05) is 17.8 Å². The van der Waals surface area contributed by atoms with Gasteiger partial charge in [0.05, 0.1) is 13.1 Å². The Morgan fingerprint density at radius 3 is 2.46 bits per heavy atom. The Bertz CT molecular complexity index is 870. The van der Waals surface area contributed by atoms with Gasteiger partial charge in [-0.05, 0) is 48.7 Å². The number of para-hydroxylation sites is 1. The summed E-state index contributed by atoms with van der Waals surface area (Å²) in [6, 6.07) is 12.9. The van der Waals surface area contributed by atoms with Gasteiger partial charge in [0.25, 0.3) is 17.7 Å². The lowest BCUT2D eigenvalue weighted by Crippen LogP contribution is -2.49. The summed E-state index contributed by atoms with van der Waals surface area (Å²) in [5.74, 6) is -1.88. The fourth-order valence-electron chi connectivity index (χ4n) is 3.04. The third kappa shape index (κ3) is 5.06. The fourth-order valence-corrected chi connectivity index (χ4v) is 3.04. The van der Waals surface area contributed by atoms with E-state index in [9.17, 15) is 18.8 Å². The van der Waals surface area contributed by atoms with E-state index in [0.717, 1.165) is 37.2 Å². The van der Waals surface area contributed by atoms with Crippen molar-refractivity contribution in [2.45, 2.75) is 12.8 Å². The fraction of sp³-hybridized carbons (Fsp3) is 0.250. The van der Waals surface area contributed by atoms with Crippen LogP contribution in [0.5, 0.6) is 0 Å². The minimum atomic E-state index is -0.567. The molecule has 146 valence electrons. The zero-order valence-electron chi connectivity index (χ0n) is 15.2. The number of benzene rings is 2. The van der Waals surface area contributed by atoms with E-state index >= 15 is 0 Å². The number of amides is 3. The first-order chi connectivity index (χ1) is 13.5. The number of halogens is 1. The Morgan fingerprint density at radius 2 is 1.68 bits per heavy atom. The standard InChI is InChI=1S/C20H21FN4O3/c21-16-9-7-15(8-10-16)20(28)22-12-18(26)23-24-19(27)13-25-11-3-5-14-4-1-2-6-17(14)25/h1-2,4,6-10H,3,5,11-13H2,(H,22,28)(H,23,26)(H,24,27). The average molecular weight is 384 g/mol. The van der Waals surface area contributed by atoms with Crippen LogP contribution in [0.2, 0.25) is 0 Å². The summed E-state index contributed by atoms with van der Waals surface area (Å²) in [7, 11) is 0. The smallest absolute Gasteiger partial charge is 0.257 e. The van der Waals surface area contributed by atoms with Crippen LogP contribution in [0.25, 0.3) is 0 Å². The molecule has 0 unspecified atom stereocenters. The minimum absolute atomic E-state index is 0.124. The molecule has 1 aliphatic rings. The third-order valence-corrected chi connectivity index (χ3v) is 4.40. The van der Waals surface area contributed by atoms with Crippen LogP contribution in [0.1, 0.15) is 22.3 Å². The van der Waals surface area contributed by atoms with Crippen molar-refractivity contribution in [2.75, 3.05) is 24.5 Å². The zero-order chi connectivity index (χ0) is 19.9. The highest BCUT2D eigenvalue weighted by Gasteiger charge is 2.18. The molecule has 0 atom stereocenters. The first kappa shape index (κ1) is 19.3. The normalized spacial score (nSPS) is 12.7. The molecule has 3 amide bonds. The van der Waals surface area contributed by atoms with Crippen LogP contribution >= 0.6 is 0 Å². The quantitative estimate of drug-likeness (QED) is 0.675. The van der Waals surface area contributed by atoms with Gasteiger partial charge < -0.3 is 10.2 Å². The van der Waals surface area contributed by atoms with Crippen LogP contribution < -0.4 is 21.1 Å². The van der Waals surface area contributed by atoms with Gasteiger partial charge >= 0.3 is 0 Å². The molecule has 1 aliphatic heterocycles. The summed E-state index contributed by atoms with van der Waals surface area (Å²) in [6.07, 6.45) is 1.95. The Balaban J connectivity index is 1.42. The first-order valence-corrected chi connectivity index (χ1v) is 8.97. The maximum atomic E-state index is 12.9. The first-order valence-electron chi connectivity index (χ1n) is 8.97. The van der Waals surface area contributed by atoms with Gasteiger partial charge in [-0.1, -0.05) is 18.2 Å². The summed E-state index contributed by atoms with van der Waals surface area (Å²) in [5, 5.41) is 2.40. The molecule has 2 aromatic rings. The lowest BCUT2D eigenvalue weighted by atomic mass is 10.0. The number of hydrogen-bond donors (Lipinski definition) is 3. The van der Waals surface area contributed by atoms with E-state index in [2.05, 4.69) is 16.2 Å². The molecule has 0 saturated carbocycles. The molecule has 0 radical (unpaired) electrons. The average Bonchev–Trinajstić information content (AvgIpc) is 2.71. The Kier molecular flexibility index (Phi) is 6.21. The Labute approximate surface area is 161 Å². The molecule has 7 nitrogen and oxygen atoms in total. The van der Waals surface area contributed by atoms with Crippen LogP contribution in [0.15, 0.2) is 48.5 Å². The number of fused-ring (bicyclic) bond motifs is 1. The number of anilines is 1. The predicted octanol–water partition coefficient (Wildman–Crippen LogP) is 1.16. The zero-order valence-corrected chi connectivity index (χ0v) is 15.2. The Morgan fingerprint density at radius 1 is 0.964 bits per heavy atom. The van der Waals surface area contributed by atoms with Crippen molar-refractivity contribution >= 4 is 23.4 Å². The minimum Gasteiger partial charge on any atom is -0.362 e. The van der Waals surface area contributed by atoms with Crippen molar-refractivity contribution in [1.82, 2.24) is 16.2 Å². The lowest BCUT2D eigenvalue weighted by Gasteiger charge is -2.30. The number of hydrazine groups is 1. The Hall–Kier alpha value is -3.42. The van der Waals surface area contributed by atoms with Crippen molar-refractivity contribution in [3.8, 4) is 0 Å². The van der Waals surface area contributed by atoms with Gasteiger partial charge in [0.2, 0.25) is 0 Å². The molecule has 0 saturated heterocycles. The summed E-state index contributed by atoms with van der Waals surface area (Å²) in [4.78, 5) is 37.8. The number of aryl methyl sites for hydroxylation is 1. The second kappa shape index (κ2) is 8.98. The lowest BCUT2D eigenvalue weighted by molar-refractivity contribution is -0.127. The molecule has 0 aromatic heterocycles. The van der Waals surface area contributed by atoms with Crippen LogP contribution in [0.4, 0.5) is 10.1 Å². The topological polar surface area (TPSA) is 90.5 Å². The molecule has 1 heterocycles. The van der Waals surface area contributed by atoms with Crippen molar-refractivity contribution in [3.05, 3.63) is 65.5 Å². The van der Waals surface area contributed by atoms with E-state index in [4.69, 9.17) is 0 Å². The maximum Gasteiger partial charge on any atom is 0.257 e.